The molecule has 0 amide bonds. The summed E-state index contributed by atoms with van der Waals surface area (Å²) in [5.41, 5.74) is 1.17. The molecular formula is C13H23N5. The molecule has 1 fully saturated rings. The Morgan fingerprint density at radius 1 is 1.61 bits per heavy atom. The SMILES string of the molecule is CN=C(NCc1ccnn1C)N1CCCC(C)C1. The molecule has 100 valence electrons. The van der Waals surface area contributed by atoms with Gasteiger partial charge in [0.25, 0.3) is 0 Å². The Morgan fingerprint density at radius 2 is 2.44 bits per heavy atom. The molecule has 5 nitrogen and oxygen atoms in total. The van der Waals surface area contributed by atoms with Gasteiger partial charge in [-0.15, -0.1) is 0 Å². The van der Waals surface area contributed by atoms with Crippen molar-refractivity contribution in [2.45, 2.75) is 26.3 Å². The number of nitrogens with one attached hydrogen (secondary N) is 1. The fraction of sp³-hybridized carbons (Fsp3) is 0.692. The zero-order valence-electron chi connectivity index (χ0n) is 11.6. The van der Waals surface area contributed by atoms with Crippen LogP contribution >= 0.6 is 0 Å². The molecular weight excluding hydrogens is 226 g/mol. The maximum Gasteiger partial charge on any atom is 0.193 e. The average molecular weight is 249 g/mol. The van der Waals surface area contributed by atoms with Crippen LogP contribution in [0.2, 0.25) is 0 Å². The molecule has 18 heavy (non-hydrogen) atoms. The van der Waals surface area contributed by atoms with E-state index in [2.05, 4.69) is 27.2 Å². The van der Waals surface area contributed by atoms with Gasteiger partial charge in [0.2, 0.25) is 0 Å². The Morgan fingerprint density at radius 3 is 3.06 bits per heavy atom. The van der Waals surface area contributed by atoms with Gasteiger partial charge in [-0.1, -0.05) is 6.92 Å². The number of guanidine groups is 1. The van der Waals surface area contributed by atoms with Gasteiger partial charge in [-0.25, -0.2) is 0 Å². The minimum absolute atomic E-state index is 0.758. The van der Waals surface area contributed by atoms with Gasteiger partial charge in [0, 0.05) is 33.4 Å². The van der Waals surface area contributed by atoms with Crippen LogP contribution < -0.4 is 5.32 Å². The van der Waals surface area contributed by atoms with E-state index in [1.807, 2.05) is 31.0 Å². The molecule has 1 N–H and O–H groups in total. The summed E-state index contributed by atoms with van der Waals surface area (Å²) >= 11 is 0. The summed E-state index contributed by atoms with van der Waals surface area (Å²) in [5, 5.41) is 7.59. The number of rotatable bonds is 2. The van der Waals surface area contributed by atoms with E-state index in [1.165, 1.54) is 18.5 Å². The standard InChI is InChI=1S/C13H23N5/c1-11-5-4-8-18(10-11)13(14-2)15-9-12-6-7-16-17(12)3/h6-7,11H,4-5,8-10H2,1-3H3,(H,14,15). The van der Waals surface area contributed by atoms with Crippen LogP contribution in [0.25, 0.3) is 0 Å². The maximum absolute atomic E-state index is 4.38. The van der Waals surface area contributed by atoms with Crippen molar-refractivity contribution in [2.24, 2.45) is 18.0 Å². The zero-order valence-corrected chi connectivity index (χ0v) is 11.6. The van der Waals surface area contributed by atoms with E-state index in [9.17, 15) is 0 Å². The highest BCUT2D eigenvalue weighted by molar-refractivity contribution is 5.79. The van der Waals surface area contributed by atoms with E-state index in [1.54, 1.807) is 0 Å². The number of hydrogen-bond donors (Lipinski definition) is 1. The quantitative estimate of drug-likeness (QED) is 0.633. The second-order valence-electron chi connectivity index (χ2n) is 5.04. The first kappa shape index (κ1) is 12.9. The summed E-state index contributed by atoms with van der Waals surface area (Å²) in [5.74, 6) is 1.76. The van der Waals surface area contributed by atoms with Crippen LogP contribution in [0.1, 0.15) is 25.5 Å². The number of aromatic nitrogens is 2. The van der Waals surface area contributed by atoms with Gasteiger partial charge in [0.15, 0.2) is 5.96 Å². The molecule has 1 aliphatic heterocycles. The fourth-order valence-electron chi connectivity index (χ4n) is 2.46. The highest BCUT2D eigenvalue weighted by Crippen LogP contribution is 2.15. The summed E-state index contributed by atoms with van der Waals surface area (Å²) in [6.07, 6.45) is 4.41. The van der Waals surface area contributed by atoms with E-state index in [4.69, 9.17) is 0 Å². The largest absolute Gasteiger partial charge is 0.351 e. The minimum atomic E-state index is 0.758. The van der Waals surface area contributed by atoms with E-state index >= 15 is 0 Å². The predicted molar refractivity (Wildman–Crippen MR) is 73.4 cm³/mol. The molecule has 0 radical (unpaired) electrons. The first-order valence-electron chi connectivity index (χ1n) is 6.63. The van der Waals surface area contributed by atoms with Crippen LogP contribution in [0, 0.1) is 5.92 Å². The van der Waals surface area contributed by atoms with Crippen LogP contribution in [0.5, 0.6) is 0 Å². The van der Waals surface area contributed by atoms with Gasteiger partial charge in [0.1, 0.15) is 0 Å². The first-order valence-corrected chi connectivity index (χ1v) is 6.63. The Hall–Kier alpha value is -1.52. The van der Waals surface area contributed by atoms with Gasteiger partial charge in [-0.05, 0) is 24.8 Å². The zero-order chi connectivity index (χ0) is 13.0. The number of piperidine rings is 1. The van der Waals surface area contributed by atoms with Gasteiger partial charge >= 0.3 is 0 Å². The van der Waals surface area contributed by atoms with Crippen LogP contribution in [-0.2, 0) is 13.6 Å². The molecule has 1 aromatic rings. The van der Waals surface area contributed by atoms with Crippen molar-refractivity contribution >= 4 is 5.96 Å². The smallest absolute Gasteiger partial charge is 0.193 e. The topological polar surface area (TPSA) is 45.5 Å². The number of hydrogen-bond acceptors (Lipinski definition) is 2. The van der Waals surface area contributed by atoms with Crippen molar-refractivity contribution in [1.29, 1.82) is 0 Å². The van der Waals surface area contributed by atoms with Crippen LogP contribution in [-0.4, -0.2) is 40.8 Å². The molecule has 2 rings (SSSR count). The molecule has 0 saturated carbocycles. The van der Waals surface area contributed by atoms with Crippen molar-refractivity contribution in [1.82, 2.24) is 20.0 Å². The predicted octanol–water partition coefficient (Wildman–Crippen LogP) is 1.23. The monoisotopic (exact) mass is 249 g/mol. The Balaban J connectivity index is 1.92. The van der Waals surface area contributed by atoms with Crippen molar-refractivity contribution in [3.63, 3.8) is 0 Å². The van der Waals surface area contributed by atoms with Crippen LogP contribution in [0.3, 0.4) is 0 Å². The number of aryl methyl sites for hydroxylation is 1. The average Bonchev–Trinajstić information content (AvgIpc) is 2.76. The molecule has 1 saturated heterocycles. The lowest BCUT2D eigenvalue weighted by molar-refractivity contribution is 0.265. The molecule has 1 unspecified atom stereocenters. The second kappa shape index (κ2) is 5.89. The van der Waals surface area contributed by atoms with Crippen molar-refractivity contribution in [3.8, 4) is 0 Å². The summed E-state index contributed by atoms with van der Waals surface area (Å²) in [6, 6.07) is 2.03. The lowest BCUT2D eigenvalue weighted by atomic mass is 10.0. The lowest BCUT2D eigenvalue weighted by Gasteiger charge is -2.33. The van der Waals surface area contributed by atoms with Gasteiger partial charge < -0.3 is 10.2 Å². The molecule has 0 bridgehead atoms. The third kappa shape index (κ3) is 3.03. The Bertz CT molecular complexity index is 409. The van der Waals surface area contributed by atoms with Crippen LogP contribution in [0.15, 0.2) is 17.3 Å². The summed E-state index contributed by atoms with van der Waals surface area (Å²) in [6.45, 7) is 5.29. The Kier molecular flexibility index (Phi) is 4.23. The number of aliphatic imine (C=N–C) groups is 1. The van der Waals surface area contributed by atoms with Crippen molar-refractivity contribution in [3.05, 3.63) is 18.0 Å². The van der Waals surface area contributed by atoms with Crippen molar-refractivity contribution in [2.75, 3.05) is 20.1 Å². The summed E-state index contributed by atoms with van der Waals surface area (Å²) < 4.78 is 1.89. The van der Waals surface area contributed by atoms with Gasteiger partial charge in [-0.3, -0.25) is 9.67 Å². The third-order valence-electron chi connectivity index (χ3n) is 3.52. The molecule has 1 aromatic heterocycles. The van der Waals surface area contributed by atoms with E-state index < -0.39 is 0 Å². The Labute approximate surface area is 109 Å². The van der Waals surface area contributed by atoms with Gasteiger partial charge in [-0.2, -0.15) is 5.10 Å². The number of nitrogens with zero attached hydrogens (tertiary/aromatic N) is 4. The second-order valence-corrected chi connectivity index (χ2v) is 5.04. The molecule has 0 aliphatic carbocycles. The lowest BCUT2D eigenvalue weighted by Crippen LogP contribution is -2.46. The highest BCUT2D eigenvalue weighted by atomic mass is 15.3. The van der Waals surface area contributed by atoms with Gasteiger partial charge in [0.05, 0.1) is 12.2 Å². The fourth-order valence-corrected chi connectivity index (χ4v) is 2.46. The molecule has 0 aromatic carbocycles. The molecule has 0 spiro atoms. The van der Waals surface area contributed by atoms with Crippen molar-refractivity contribution < 1.29 is 0 Å². The molecule has 1 aliphatic rings. The summed E-state index contributed by atoms with van der Waals surface area (Å²) in [4.78, 5) is 6.73. The molecule has 2 heterocycles. The van der Waals surface area contributed by atoms with E-state index in [0.29, 0.717) is 0 Å². The highest BCUT2D eigenvalue weighted by Gasteiger charge is 2.19. The normalized spacial score (nSPS) is 21.2. The molecule has 1 atom stereocenters. The molecule has 5 heteroatoms. The van der Waals surface area contributed by atoms with E-state index in [-0.39, 0.29) is 0 Å². The maximum atomic E-state index is 4.38. The first-order chi connectivity index (χ1) is 8.70. The number of likely N-dealkylation sites (tertiary alicyclic amines) is 1. The summed E-state index contributed by atoms with van der Waals surface area (Å²) in [7, 11) is 3.81. The van der Waals surface area contributed by atoms with E-state index in [0.717, 1.165) is 31.5 Å². The van der Waals surface area contributed by atoms with Crippen LogP contribution in [0.4, 0.5) is 0 Å². The third-order valence-corrected chi connectivity index (χ3v) is 3.52. The minimum Gasteiger partial charge on any atom is -0.351 e.